The standard InChI is InChI=1S/C23H31FN2O2S/c1-17(2)12-22(27)25(13-18(3)4)16-23(28)26(15-21-6-5-11-29-21)14-19-7-9-20(24)10-8-19/h5-11,17-18H,12-16H2,1-4H3. The normalized spacial score (nSPS) is 11.1. The van der Waals surface area contributed by atoms with Crippen LogP contribution in [-0.2, 0) is 22.7 Å². The second kappa shape index (κ2) is 11.1. The quantitative estimate of drug-likeness (QED) is 0.548. The second-order valence-corrected chi connectivity index (χ2v) is 9.25. The molecule has 0 saturated carbocycles. The van der Waals surface area contributed by atoms with Gasteiger partial charge in [-0.1, -0.05) is 45.9 Å². The summed E-state index contributed by atoms with van der Waals surface area (Å²) in [5.41, 5.74) is 0.861. The van der Waals surface area contributed by atoms with Gasteiger partial charge in [0.05, 0.1) is 13.1 Å². The Balaban J connectivity index is 2.16. The summed E-state index contributed by atoms with van der Waals surface area (Å²) in [5, 5.41) is 1.98. The van der Waals surface area contributed by atoms with Gasteiger partial charge in [-0.2, -0.15) is 0 Å². The minimum atomic E-state index is -0.299. The molecule has 29 heavy (non-hydrogen) atoms. The second-order valence-electron chi connectivity index (χ2n) is 8.22. The zero-order valence-electron chi connectivity index (χ0n) is 17.7. The van der Waals surface area contributed by atoms with Gasteiger partial charge in [0, 0.05) is 24.4 Å². The van der Waals surface area contributed by atoms with Crippen molar-refractivity contribution in [2.24, 2.45) is 11.8 Å². The van der Waals surface area contributed by atoms with Crippen molar-refractivity contribution in [3.05, 3.63) is 58.0 Å². The first-order valence-corrected chi connectivity index (χ1v) is 10.9. The van der Waals surface area contributed by atoms with E-state index in [0.717, 1.165) is 10.4 Å². The third-order valence-corrected chi connectivity index (χ3v) is 5.27. The first-order valence-electron chi connectivity index (χ1n) is 10.1. The number of halogens is 1. The third-order valence-electron chi connectivity index (χ3n) is 4.41. The highest BCUT2D eigenvalue weighted by molar-refractivity contribution is 7.09. The number of thiophene rings is 1. The molecule has 0 saturated heterocycles. The van der Waals surface area contributed by atoms with Crippen molar-refractivity contribution in [1.82, 2.24) is 9.80 Å². The van der Waals surface area contributed by atoms with Gasteiger partial charge in [-0.25, -0.2) is 4.39 Å². The van der Waals surface area contributed by atoms with E-state index >= 15 is 0 Å². The molecule has 4 nitrogen and oxygen atoms in total. The molecular weight excluding hydrogens is 387 g/mol. The van der Waals surface area contributed by atoms with E-state index in [9.17, 15) is 14.0 Å². The summed E-state index contributed by atoms with van der Waals surface area (Å²) in [6.45, 7) is 9.57. The Kier molecular flexibility index (Phi) is 8.83. The van der Waals surface area contributed by atoms with E-state index in [1.165, 1.54) is 12.1 Å². The largest absolute Gasteiger partial charge is 0.333 e. The van der Waals surface area contributed by atoms with Crippen LogP contribution in [0.2, 0.25) is 0 Å². The Morgan fingerprint density at radius 1 is 0.931 bits per heavy atom. The zero-order chi connectivity index (χ0) is 21.4. The highest BCUT2D eigenvalue weighted by atomic mass is 32.1. The van der Waals surface area contributed by atoms with E-state index < -0.39 is 0 Å². The lowest BCUT2D eigenvalue weighted by atomic mass is 10.1. The maximum atomic E-state index is 13.3. The lowest BCUT2D eigenvalue weighted by Crippen LogP contribution is -2.44. The number of carbonyl (C=O) groups excluding carboxylic acids is 2. The number of nitrogens with zero attached hydrogens (tertiary/aromatic N) is 2. The van der Waals surface area contributed by atoms with Gasteiger partial charge in [-0.05, 0) is 41.0 Å². The van der Waals surface area contributed by atoms with Crippen LogP contribution in [0, 0.1) is 17.7 Å². The summed E-state index contributed by atoms with van der Waals surface area (Å²) < 4.78 is 13.3. The summed E-state index contributed by atoms with van der Waals surface area (Å²) in [7, 11) is 0. The van der Waals surface area contributed by atoms with Crippen LogP contribution in [0.25, 0.3) is 0 Å². The van der Waals surface area contributed by atoms with E-state index in [1.807, 2.05) is 45.2 Å². The van der Waals surface area contributed by atoms with Crippen LogP contribution in [0.15, 0.2) is 41.8 Å². The molecule has 1 heterocycles. The topological polar surface area (TPSA) is 40.6 Å². The van der Waals surface area contributed by atoms with Crippen LogP contribution in [0.4, 0.5) is 4.39 Å². The van der Waals surface area contributed by atoms with Crippen LogP contribution in [0.3, 0.4) is 0 Å². The molecule has 1 aromatic heterocycles. The molecule has 158 valence electrons. The smallest absolute Gasteiger partial charge is 0.242 e. The fraction of sp³-hybridized carbons (Fsp3) is 0.478. The predicted octanol–water partition coefficient (Wildman–Crippen LogP) is 4.95. The van der Waals surface area contributed by atoms with Gasteiger partial charge in [-0.3, -0.25) is 9.59 Å². The van der Waals surface area contributed by atoms with Crippen molar-refractivity contribution < 1.29 is 14.0 Å². The molecule has 0 aliphatic rings. The van der Waals surface area contributed by atoms with Gasteiger partial charge in [0.2, 0.25) is 11.8 Å². The Bertz CT molecular complexity index is 773. The third kappa shape index (κ3) is 7.97. The Morgan fingerprint density at radius 2 is 1.62 bits per heavy atom. The lowest BCUT2D eigenvalue weighted by Gasteiger charge is -2.29. The number of carbonyl (C=O) groups is 2. The molecule has 0 fully saturated rings. The average Bonchev–Trinajstić information content (AvgIpc) is 3.14. The number of benzene rings is 1. The average molecular weight is 419 g/mol. The van der Waals surface area contributed by atoms with Gasteiger partial charge in [0.15, 0.2) is 0 Å². The molecule has 2 aromatic rings. The first-order chi connectivity index (χ1) is 13.7. The monoisotopic (exact) mass is 418 g/mol. The molecule has 0 aliphatic heterocycles. The van der Waals surface area contributed by atoms with Crippen molar-refractivity contribution in [3.63, 3.8) is 0 Å². The van der Waals surface area contributed by atoms with E-state index in [4.69, 9.17) is 0 Å². The van der Waals surface area contributed by atoms with Crippen LogP contribution in [-0.4, -0.2) is 34.7 Å². The zero-order valence-corrected chi connectivity index (χ0v) is 18.5. The minimum Gasteiger partial charge on any atom is -0.333 e. The molecule has 0 bridgehead atoms. The fourth-order valence-electron chi connectivity index (χ4n) is 3.07. The van der Waals surface area contributed by atoms with Crippen molar-refractivity contribution in [3.8, 4) is 0 Å². The van der Waals surface area contributed by atoms with Gasteiger partial charge in [-0.15, -0.1) is 11.3 Å². The fourth-order valence-corrected chi connectivity index (χ4v) is 3.79. The number of amides is 2. The minimum absolute atomic E-state index is 0.0138. The molecular formula is C23H31FN2O2S. The van der Waals surface area contributed by atoms with E-state index in [2.05, 4.69) is 0 Å². The van der Waals surface area contributed by atoms with Gasteiger partial charge in [0.1, 0.15) is 5.82 Å². The lowest BCUT2D eigenvalue weighted by molar-refractivity contribution is -0.142. The number of hydrogen-bond acceptors (Lipinski definition) is 3. The maximum Gasteiger partial charge on any atom is 0.242 e. The molecule has 1 aromatic carbocycles. The van der Waals surface area contributed by atoms with E-state index in [-0.39, 0.29) is 36.0 Å². The summed E-state index contributed by atoms with van der Waals surface area (Å²) in [6, 6.07) is 10.1. The summed E-state index contributed by atoms with van der Waals surface area (Å²) in [5.74, 6) is 0.142. The van der Waals surface area contributed by atoms with Gasteiger partial charge < -0.3 is 9.80 Å². The Morgan fingerprint density at radius 3 is 2.17 bits per heavy atom. The van der Waals surface area contributed by atoms with E-state index in [0.29, 0.717) is 26.1 Å². The van der Waals surface area contributed by atoms with Crippen LogP contribution in [0.5, 0.6) is 0 Å². The Labute approximate surface area is 177 Å². The van der Waals surface area contributed by atoms with Crippen molar-refractivity contribution in [1.29, 1.82) is 0 Å². The molecule has 0 N–H and O–H groups in total. The molecule has 0 spiro atoms. The van der Waals surface area contributed by atoms with Crippen molar-refractivity contribution in [2.75, 3.05) is 13.1 Å². The number of hydrogen-bond donors (Lipinski definition) is 0. The first kappa shape index (κ1) is 23.1. The van der Waals surface area contributed by atoms with Crippen LogP contribution < -0.4 is 0 Å². The highest BCUT2D eigenvalue weighted by Gasteiger charge is 2.23. The molecule has 0 radical (unpaired) electrons. The molecule has 2 rings (SSSR count). The molecule has 2 amide bonds. The number of rotatable bonds is 10. The SMILES string of the molecule is CC(C)CC(=O)N(CC(=O)N(Cc1ccc(F)cc1)Cc1cccs1)CC(C)C. The Hall–Kier alpha value is -2.21. The molecule has 0 aliphatic carbocycles. The van der Waals surface area contributed by atoms with Gasteiger partial charge >= 0.3 is 0 Å². The van der Waals surface area contributed by atoms with Gasteiger partial charge in [0.25, 0.3) is 0 Å². The molecule has 0 atom stereocenters. The predicted molar refractivity (Wildman–Crippen MR) is 116 cm³/mol. The summed E-state index contributed by atoms with van der Waals surface area (Å²) >= 11 is 1.59. The van der Waals surface area contributed by atoms with Crippen LogP contribution in [0.1, 0.15) is 44.6 Å². The summed E-state index contributed by atoms with van der Waals surface area (Å²) in [6.07, 6.45) is 0.433. The highest BCUT2D eigenvalue weighted by Crippen LogP contribution is 2.16. The van der Waals surface area contributed by atoms with E-state index in [1.54, 1.807) is 33.3 Å². The summed E-state index contributed by atoms with van der Waals surface area (Å²) in [4.78, 5) is 30.4. The van der Waals surface area contributed by atoms with Crippen molar-refractivity contribution >= 4 is 23.2 Å². The molecule has 6 heteroatoms. The maximum absolute atomic E-state index is 13.3. The molecule has 0 unspecified atom stereocenters. The van der Waals surface area contributed by atoms with Crippen LogP contribution >= 0.6 is 11.3 Å². The van der Waals surface area contributed by atoms with Crippen molar-refractivity contribution in [2.45, 2.75) is 47.2 Å².